The van der Waals surface area contributed by atoms with Crippen LogP contribution in [0.2, 0.25) is 0 Å². The van der Waals surface area contributed by atoms with Gasteiger partial charge in [0.25, 0.3) is 0 Å². The van der Waals surface area contributed by atoms with Gasteiger partial charge in [0.15, 0.2) is 0 Å². The van der Waals surface area contributed by atoms with Crippen LogP contribution >= 0.6 is 0 Å². The predicted molar refractivity (Wildman–Crippen MR) is 103 cm³/mol. The van der Waals surface area contributed by atoms with Crippen LogP contribution in [0.1, 0.15) is 34.6 Å². The van der Waals surface area contributed by atoms with E-state index in [1.54, 1.807) is 19.2 Å². The van der Waals surface area contributed by atoms with E-state index in [1.165, 1.54) is 4.90 Å². The van der Waals surface area contributed by atoms with Crippen molar-refractivity contribution in [3.05, 3.63) is 30.3 Å². The number of rotatable bonds is 6. The molecule has 0 saturated carbocycles. The van der Waals surface area contributed by atoms with Crippen LogP contribution in [0.5, 0.6) is 0 Å². The largest absolute Gasteiger partial charge is 0.350 e. The number of nitrogens with zero attached hydrogens (tertiary/aromatic N) is 1. The number of benzene rings is 1. The lowest BCUT2D eigenvalue weighted by molar-refractivity contribution is -0.137. The van der Waals surface area contributed by atoms with Gasteiger partial charge < -0.3 is 20.9 Å². The van der Waals surface area contributed by atoms with Gasteiger partial charge in [0.05, 0.1) is 6.54 Å². The summed E-state index contributed by atoms with van der Waals surface area (Å²) in [7, 11) is 1.55. The van der Waals surface area contributed by atoms with E-state index in [4.69, 9.17) is 0 Å². The molecule has 0 aliphatic rings. The number of urea groups is 1. The maximum Gasteiger partial charge on any atom is 0.319 e. The first-order valence-corrected chi connectivity index (χ1v) is 8.68. The van der Waals surface area contributed by atoms with E-state index in [1.807, 2.05) is 52.8 Å². The lowest BCUT2D eigenvalue weighted by Crippen LogP contribution is -2.54. The highest BCUT2D eigenvalue weighted by atomic mass is 16.2. The number of para-hydroxylation sites is 1. The van der Waals surface area contributed by atoms with Gasteiger partial charge in [0.2, 0.25) is 11.8 Å². The molecule has 7 nitrogen and oxygen atoms in total. The highest BCUT2D eigenvalue weighted by Gasteiger charge is 2.28. The van der Waals surface area contributed by atoms with E-state index < -0.39 is 12.1 Å². The van der Waals surface area contributed by atoms with Gasteiger partial charge in [-0.3, -0.25) is 9.59 Å². The summed E-state index contributed by atoms with van der Waals surface area (Å²) in [5.74, 6) is -0.686. The third-order valence-electron chi connectivity index (χ3n) is 3.52. The van der Waals surface area contributed by atoms with Crippen LogP contribution in [0.4, 0.5) is 10.5 Å². The molecule has 0 saturated heterocycles. The Morgan fingerprint density at radius 2 is 1.65 bits per heavy atom. The number of likely N-dealkylation sites (N-methyl/N-ethyl adjacent to an activating group) is 1. The summed E-state index contributed by atoms with van der Waals surface area (Å²) in [6, 6.07) is 7.79. The molecule has 0 fully saturated rings. The molecule has 0 radical (unpaired) electrons. The molecule has 1 atom stereocenters. The normalized spacial score (nSPS) is 12.3. The van der Waals surface area contributed by atoms with E-state index in [2.05, 4.69) is 16.0 Å². The average Bonchev–Trinajstić information content (AvgIpc) is 2.50. The fraction of sp³-hybridized carbons (Fsp3) is 0.526. The van der Waals surface area contributed by atoms with Gasteiger partial charge in [-0.2, -0.15) is 0 Å². The van der Waals surface area contributed by atoms with Gasteiger partial charge >= 0.3 is 6.03 Å². The Balaban J connectivity index is 2.68. The molecule has 3 N–H and O–H groups in total. The fourth-order valence-electron chi connectivity index (χ4n) is 2.33. The number of carbonyl (C=O) groups excluding carboxylic acids is 3. The highest BCUT2D eigenvalue weighted by Crippen LogP contribution is 2.08. The van der Waals surface area contributed by atoms with E-state index in [-0.39, 0.29) is 29.8 Å². The lowest BCUT2D eigenvalue weighted by Gasteiger charge is -2.28. The van der Waals surface area contributed by atoms with E-state index in [0.717, 1.165) is 0 Å². The summed E-state index contributed by atoms with van der Waals surface area (Å²) >= 11 is 0. The molecule has 0 aliphatic heterocycles. The summed E-state index contributed by atoms with van der Waals surface area (Å²) < 4.78 is 0. The summed E-state index contributed by atoms with van der Waals surface area (Å²) in [4.78, 5) is 38.2. The van der Waals surface area contributed by atoms with Crippen molar-refractivity contribution in [2.45, 2.75) is 46.2 Å². The van der Waals surface area contributed by atoms with Gasteiger partial charge in [-0.05, 0) is 38.8 Å². The van der Waals surface area contributed by atoms with Crippen molar-refractivity contribution in [3.8, 4) is 0 Å². The first-order chi connectivity index (χ1) is 12.0. The van der Waals surface area contributed by atoms with Crippen LogP contribution in [-0.4, -0.2) is 47.9 Å². The smallest absolute Gasteiger partial charge is 0.319 e. The van der Waals surface area contributed by atoms with Crippen LogP contribution < -0.4 is 16.0 Å². The van der Waals surface area contributed by atoms with Gasteiger partial charge in [0.1, 0.15) is 6.04 Å². The molecule has 0 aromatic heterocycles. The Morgan fingerprint density at radius 1 is 1.08 bits per heavy atom. The predicted octanol–water partition coefficient (Wildman–Crippen LogP) is 2.21. The molecule has 144 valence electrons. The third kappa shape index (κ3) is 7.55. The maximum absolute atomic E-state index is 12.7. The molecular weight excluding hydrogens is 332 g/mol. The number of amides is 4. The zero-order valence-electron chi connectivity index (χ0n) is 16.4. The van der Waals surface area contributed by atoms with Crippen LogP contribution in [0.25, 0.3) is 0 Å². The van der Waals surface area contributed by atoms with Crippen molar-refractivity contribution in [3.63, 3.8) is 0 Å². The van der Waals surface area contributed by atoms with Crippen molar-refractivity contribution in [2.24, 2.45) is 5.92 Å². The minimum Gasteiger partial charge on any atom is -0.350 e. The minimum absolute atomic E-state index is 0.0681. The quantitative estimate of drug-likeness (QED) is 0.725. The zero-order valence-corrected chi connectivity index (χ0v) is 16.4. The van der Waals surface area contributed by atoms with E-state index in [0.29, 0.717) is 5.69 Å². The van der Waals surface area contributed by atoms with Crippen LogP contribution in [0.15, 0.2) is 30.3 Å². The number of anilines is 1. The molecule has 0 bridgehead atoms. The van der Waals surface area contributed by atoms with Crippen LogP contribution in [-0.2, 0) is 9.59 Å². The number of nitrogens with one attached hydrogen (secondary N) is 3. The molecule has 1 aromatic rings. The highest BCUT2D eigenvalue weighted by molar-refractivity contribution is 5.94. The lowest BCUT2D eigenvalue weighted by atomic mass is 10.0. The van der Waals surface area contributed by atoms with Gasteiger partial charge in [-0.15, -0.1) is 0 Å². The molecule has 0 spiro atoms. The Morgan fingerprint density at radius 3 is 2.15 bits per heavy atom. The second kappa shape index (κ2) is 9.22. The second-order valence-electron chi connectivity index (χ2n) is 7.68. The van der Waals surface area contributed by atoms with E-state index >= 15 is 0 Å². The average molecular weight is 362 g/mol. The Labute approximate surface area is 155 Å². The maximum atomic E-state index is 12.7. The van der Waals surface area contributed by atoms with E-state index in [9.17, 15) is 14.4 Å². The van der Waals surface area contributed by atoms with Gasteiger partial charge in [-0.25, -0.2) is 4.79 Å². The van der Waals surface area contributed by atoms with Crippen molar-refractivity contribution in [2.75, 3.05) is 18.9 Å². The van der Waals surface area contributed by atoms with Crippen molar-refractivity contribution in [1.82, 2.24) is 15.5 Å². The Bertz CT molecular complexity index is 623. The minimum atomic E-state index is -0.730. The standard InChI is InChI=1S/C19H30N4O3/c1-13(2)16(21-18(26)20-14-10-8-7-9-11-14)17(25)23(6)12-15(24)22-19(3,4)5/h7-11,13,16H,12H2,1-6H3,(H,22,24)(H2,20,21,26)/t16-/m0/s1. The Kier molecular flexibility index (Phi) is 7.61. The summed E-state index contributed by atoms with van der Waals surface area (Å²) in [5.41, 5.74) is 0.268. The zero-order chi connectivity index (χ0) is 19.9. The second-order valence-corrected chi connectivity index (χ2v) is 7.68. The Hall–Kier alpha value is -2.57. The monoisotopic (exact) mass is 362 g/mol. The van der Waals surface area contributed by atoms with Crippen molar-refractivity contribution >= 4 is 23.5 Å². The molecule has 1 rings (SSSR count). The molecule has 26 heavy (non-hydrogen) atoms. The van der Waals surface area contributed by atoms with Crippen molar-refractivity contribution in [1.29, 1.82) is 0 Å². The topological polar surface area (TPSA) is 90.5 Å². The summed E-state index contributed by atoms with van der Waals surface area (Å²) in [5, 5.41) is 8.20. The molecule has 0 unspecified atom stereocenters. The van der Waals surface area contributed by atoms with Crippen molar-refractivity contribution < 1.29 is 14.4 Å². The molecule has 0 aliphatic carbocycles. The van der Waals surface area contributed by atoms with Crippen LogP contribution in [0.3, 0.4) is 0 Å². The molecule has 1 aromatic carbocycles. The fourth-order valence-corrected chi connectivity index (χ4v) is 2.33. The van der Waals surface area contributed by atoms with Crippen LogP contribution in [0, 0.1) is 5.92 Å². The molecular formula is C19H30N4O3. The molecule has 0 heterocycles. The number of carbonyl (C=O) groups is 3. The molecule has 4 amide bonds. The summed E-state index contributed by atoms with van der Waals surface area (Å²) in [6.07, 6.45) is 0. The SMILES string of the molecule is CC(C)[C@H](NC(=O)Nc1ccccc1)C(=O)N(C)CC(=O)NC(C)(C)C. The first-order valence-electron chi connectivity index (χ1n) is 8.68. The first kappa shape index (κ1) is 21.5. The third-order valence-corrected chi connectivity index (χ3v) is 3.52. The van der Waals surface area contributed by atoms with Gasteiger partial charge in [-0.1, -0.05) is 32.0 Å². The number of hydrogen-bond acceptors (Lipinski definition) is 3. The van der Waals surface area contributed by atoms with Gasteiger partial charge in [0, 0.05) is 18.3 Å². The number of hydrogen-bond donors (Lipinski definition) is 3. The molecule has 7 heteroatoms. The summed E-state index contributed by atoms with van der Waals surface area (Å²) in [6.45, 7) is 9.24.